The first kappa shape index (κ1) is 17.9. The van der Waals surface area contributed by atoms with Gasteiger partial charge in [-0.25, -0.2) is 13.1 Å². The second kappa shape index (κ2) is 7.44. The van der Waals surface area contributed by atoms with Crippen LogP contribution < -0.4 is 4.72 Å². The zero-order valence-corrected chi connectivity index (χ0v) is 14.7. The summed E-state index contributed by atoms with van der Waals surface area (Å²) in [6.45, 7) is 1.87. The summed E-state index contributed by atoms with van der Waals surface area (Å²) in [5.41, 5.74) is 0.783. The van der Waals surface area contributed by atoms with E-state index in [9.17, 15) is 13.2 Å². The Morgan fingerprint density at radius 1 is 1.35 bits per heavy atom. The minimum absolute atomic E-state index is 0.106. The molecular weight excluding hydrogens is 358 g/mol. The largest absolute Gasteiger partial charge is 0.481 e. The summed E-state index contributed by atoms with van der Waals surface area (Å²) in [4.78, 5) is 11.2. The first-order chi connectivity index (χ1) is 10.8. The Kier molecular flexibility index (Phi) is 5.80. The van der Waals surface area contributed by atoms with Gasteiger partial charge >= 0.3 is 5.97 Å². The van der Waals surface area contributed by atoms with Crippen molar-refractivity contribution in [1.82, 2.24) is 4.72 Å². The van der Waals surface area contributed by atoms with Crippen LogP contribution in [0.1, 0.15) is 29.8 Å². The Labute approximate surface area is 144 Å². The molecule has 1 atom stereocenters. The van der Waals surface area contributed by atoms with Gasteiger partial charge in [0.15, 0.2) is 0 Å². The molecule has 1 aromatic carbocycles. The van der Waals surface area contributed by atoms with Crippen molar-refractivity contribution in [2.75, 3.05) is 0 Å². The van der Waals surface area contributed by atoms with E-state index in [1.807, 2.05) is 13.0 Å². The van der Waals surface area contributed by atoms with E-state index in [1.165, 1.54) is 12.1 Å². The van der Waals surface area contributed by atoms with Crippen LogP contribution in [-0.2, 0) is 21.2 Å². The van der Waals surface area contributed by atoms with E-state index >= 15 is 0 Å². The summed E-state index contributed by atoms with van der Waals surface area (Å²) in [6.07, 6.45) is 0.374. The second-order valence-electron chi connectivity index (χ2n) is 4.93. The standard InChI is InChI=1S/C15H16ClNO4S2/c1-2-13(10-4-3-5-11(16)8-10)17-23(20,21)15-7-6-12(22-15)9-14(18)19/h3-8,13,17H,2,9H2,1H3,(H,18,19). The lowest BCUT2D eigenvalue weighted by Gasteiger charge is -2.17. The van der Waals surface area contributed by atoms with E-state index in [0.717, 1.165) is 16.9 Å². The van der Waals surface area contributed by atoms with Gasteiger partial charge < -0.3 is 5.11 Å². The van der Waals surface area contributed by atoms with Gasteiger partial charge in [-0.3, -0.25) is 4.79 Å². The van der Waals surface area contributed by atoms with Crippen molar-refractivity contribution in [2.45, 2.75) is 30.0 Å². The number of halogens is 1. The number of thiophene rings is 1. The molecule has 0 bridgehead atoms. The Morgan fingerprint density at radius 2 is 2.09 bits per heavy atom. The number of nitrogens with one attached hydrogen (secondary N) is 1. The average Bonchev–Trinajstić information content (AvgIpc) is 2.93. The van der Waals surface area contributed by atoms with Gasteiger partial charge in [-0.15, -0.1) is 11.3 Å². The SMILES string of the molecule is CCC(NS(=O)(=O)c1ccc(CC(=O)O)s1)c1cccc(Cl)c1. The Balaban J connectivity index is 2.22. The maximum atomic E-state index is 12.5. The quantitative estimate of drug-likeness (QED) is 0.778. The third-order valence-electron chi connectivity index (χ3n) is 3.18. The molecule has 1 unspecified atom stereocenters. The molecule has 124 valence electrons. The van der Waals surface area contributed by atoms with Crippen LogP contribution in [0.5, 0.6) is 0 Å². The van der Waals surface area contributed by atoms with E-state index in [4.69, 9.17) is 16.7 Å². The third-order valence-corrected chi connectivity index (χ3v) is 6.47. The highest BCUT2D eigenvalue weighted by Crippen LogP contribution is 2.26. The van der Waals surface area contributed by atoms with E-state index in [0.29, 0.717) is 16.3 Å². The van der Waals surface area contributed by atoms with Gasteiger partial charge in [0.25, 0.3) is 10.0 Å². The van der Waals surface area contributed by atoms with E-state index in [-0.39, 0.29) is 10.6 Å². The molecule has 0 fully saturated rings. The molecule has 1 aromatic heterocycles. The highest BCUT2D eigenvalue weighted by Gasteiger charge is 2.22. The summed E-state index contributed by atoms with van der Waals surface area (Å²) in [5.74, 6) is -0.992. The smallest absolute Gasteiger partial charge is 0.308 e. The third kappa shape index (κ3) is 4.78. The van der Waals surface area contributed by atoms with Gasteiger partial charge in [-0.05, 0) is 36.2 Å². The number of carboxylic acid groups (broad SMARTS) is 1. The summed E-state index contributed by atoms with van der Waals surface area (Å²) in [6, 6.07) is 9.58. The number of sulfonamides is 1. The topological polar surface area (TPSA) is 83.5 Å². The van der Waals surface area contributed by atoms with Crippen LogP contribution in [0, 0.1) is 0 Å². The van der Waals surface area contributed by atoms with Crippen molar-refractivity contribution in [3.63, 3.8) is 0 Å². The van der Waals surface area contributed by atoms with Gasteiger partial charge in [0, 0.05) is 15.9 Å². The molecule has 0 aliphatic heterocycles. The van der Waals surface area contributed by atoms with E-state index in [2.05, 4.69) is 4.72 Å². The highest BCUT2D eigenvalue weighted by molar-refractivity contribution is 7.91. The van der Waals surface area contributed by atoms with Crippen molar-refractivity contribution in [1.29, 1.82) is 0 Å². The van der Waals surface area contributed by atoms with Gasteiger partial charge in [-0.2, -0.15) is 0 Å². The minimum atomic E-state index is -3.72. The molecular formula is C15H16ClNO4S2. The van der Waals surface area contributed by atoms with Crippen LogP contribution >= 0.6 is 22.9 Å². The molecule has 5 nitrogen and oxygen atoms in total. The molecule has 8 heteroatoms. The molecule has 2 aromatic rings. The van der Waals surface area contributed by atoms with E-state index in [1.54, 1.807) is 18.2 Å². The Hall–Kier alpha value is -1.41. The zero-order chi connectivity index (χ0) is 17.0. The molecule has 23 heavy (non-hydrogen) atoms. The van der Waals surface area contributed by atoms with Crippen LogP contribution in [-0.4, -0.2) is 19.5 Å². The molecule has 1 heterocycles. The molecule has 0 spiro atoms. The molecule has 0 saturated heterocycles. The van der Waals surface area contributed by atoms with Crippen molar-refractivity contribution < 1.29 is 18.3 Å². The summed E-state index contributed by atoms with van der Waals surface area (Å²) in [7, 11) is -3.72. The van der Waals surface area contributed by atoms with Crippen LogP contribution in [0.4, 0.5) is 0 Å². The fraction of sp³-hybridized carbons (Fsp3) is 0.267. The predicted molar refractivity (Wildman–Crippen MR) is 90.5 cm³/mol. The van der Waals surface area contributed by atoms with Gasteiger partial charge in [0.05, 0.1) is 6.42 Å². The number of benzene rings is 1. The van der Waals surface area contributed by atoms with Crippen LogP contribution in [0.15, 0.2) is 40.6 Å². The summed E-state index contributed by atoms with van der Waals surface area (Å²) < 4.78 is 27.7. The number of hydrogen-bond acceptors (Lipinski definition) is 4. The Bertz CT molecular complexity index is 801. The van der Waals surface area contributed by atoms with Gasteiger partial charge in [0.2, 0.25) is 0 Å². The van der Waals surface area contributed by atoms with Crippen molar-refractivity contribution in [2.24, 2.45) is 0 Å². The van der Waals surface area contributed by atoms with Crippen molar-refractivity contribution in [3.8, 4) is 0 Å². The summed E-state index contributed by atoms with van der Waals surface area (Å²) in [5, 5.41) is 9.31. The fourth-order valence-corrected chi connectivity index (χ4v) is 4.97. The minimum Gasteiger partial charge on any atom is -0.481 e. The molecule has 2 N–H and O–H groups in total. The van der Waals surface area contributed by atoms with Gasteiger partial charge in [0.1, 0.15) is 4.21 Å². The van der Waals surface area contributed by atoms with Gasteiger partial charge in [-0.1, -0.05) is 30.7 Å². The first-order valence-corrected chi connectivity index (χ1v) is 9.58. The number of aliphatic carboxylic acids is 1. The molecule has 2 rings (SSSR count). The molecule has 0 radical (unpaired) electrons. The lowest BCUT2D eigenvalue weighted by Crippen LogP contribution is -2.27. The lowest BCUT2D eigenvalue weighted by molar-refractivity contribution is -0.136. The molecule has 0 amide bonds. The maximum absolute atomic E-state index is 12.5. The predicted octanol–water partition coefficient (Wildman–Crippen LogP) is 3.46. The maximum Gasteiger partial charge on any atom is 0.308 e. The lowest BCUT2D eigenvalue weighted by atomic mass is 10.1. The normalized spacial score (nSPS) is 13.0. The monoisotopic (exact) mass is 373 g/mol. The molecule has 0 aliphatic rings. The molecule has 0 aliphatic carbocycles. The van der Waals surface area contributed by atoms with Crippen LogP contribution in [0.2, 0.25) is 5.02 Å². The molecule has 0 saturated carbocycles. The van der Waals surface area contributed by atoms with Crippen molar-refractivity contribution in [3.05, 3.63) is 51.9 Å². The zero-order valence-electron chi connectivity index (χ0n) is 12.3. The highest BCUT2D eigenvalue weighted by atomic mass is 35.5. The van der Waals surface area contributed by atoms with Crippen LogP contribution in [0.25, 0.3) is 0 Å². The second-order valence-corrected chi connectivity index (χ2v) is 8.47. The first-order valence-electron chi connectivity index (χ1n) is 6.90. The van der Waals surface area contributed by atoms with E-state index < -0.39 is 22.0 Å². The Morgan fingerprint density at radius 3 is 2.70 bits per heavy atom. The van der Waals surface area contributed by atoms with Crippen LogP contribution in [0.3, 0.4) is 0 Å². The van der Waals surface area contributed by atoms with Crippen molar-refractivity contribution >= 4 is 38.9 Å². The number of carboxylic acids is 1. The number of carbonyl (C=O) groups is 1. The average molecular weight is 374 g/mol. The number of rotatable bonds is 7. The number of hydrogen-bond donors (Lipinski definition) is 2. The summed E-state index contributed by atoms with van der Waals surface area (Å²) >= 11 is 6.92. The fourth-order valence-electron chi connectivity index (χ4n) is 2.10.